The maximum atomic E-state index is 12.9. The van der Waals surface area contributed by atoms with Gasteiger partial charge in [-0.25, -0.2) is 4.68 Å². The largest absolute Gasteiger partial charge is 0.435 e. The molecule has 0 aliphatic carbocycles. The van der Waals surface area contributed by atoms with Gasteiger partial charge in [-0.3, -0.25) is 4.79 Å². The number of amides is 1. The van der Waals surface area contributed by atoms with Crippen LogP contribution in [-0.4, -0.2) is 25.3 Å². The molecule has 6 nitrogen and oxygen atoms in total. The van der Waals surface area contributed by atoms with Crippen LogP contribution in [0, 0.1) is 6.92 Å². The molecule has 0 aliphatic rings. The standard InChI is InChI=1S/C15H9F6N5OS/c1-7-11(28-25-23-7)13(27)22-8-2-4-9(5-3-8)26-6-10(14(16,17)18)12(24-26)15(19,20)21/h2-6H,1H3,(H,22,27). The Balaban J connectivity index is 1.87. The molecule has 3 rings (SSSR count). The van der Waals surface area contributed by atoms with Gasteiger partial charge in [0, 0.05) is 11.9 Å². The average Bonchev–Trinajstić information content (AvgIpc) is 3.21. The fraction of sp³-hybridized carbons (Fsp3) is 0.200. The maximum Gasteiger partial charge on any atom is 0.435 e. The number of aromatic nitrogens is 4. The van der Waals surface area contributed by atoms with Crippen LogP contribution in [0.1, 0.15) is 26.6 Å². The lowest BCUT2D eigenvalue weighted by Gasteiger charge is -2.08. The van der Waals surface area contributed by atoms with E-state index in [2.05, 4.69) is 20.0 Å². The molecular weight excluding hydrogens is 412 g/mol. The van der Waals surface area contributed by atoms with Crippen molar-refractivity contribution in [3.05, 3.63) is 52.3 Å². The fourth-order valence-corrected chi connectivity index (χ4v) is 2.80. The molecule has 148 valence electrons. The van der Waals surface area contributed by atoms with Gasteiger partial charge in [-0.1, -0.05) is 4.49 Å². The van der Waals surface area contributed by atoms with Crippen molar-refractivity contribution in [3.8, 4) is 5.69 Å². The maximum absolute atomic E-state index is 12.9. The van der Waals surface area contributed by atoms with Crippen LogP contribution < -0.4 is 5.32 Å². The Kier molecular flexibility index (Phi) is 4.87. The molecule has 0 aliphatic heterocycles. The van der Waals surface area contributed by atoms with Gasteiger partial charge in [0.15, 0.2) is 5.69 Å². The van der Waals surface area contributed by atoms with Gasteiger partial charge in [0.25, 0.3) is 5.91 Å². The third-order valence-electron chi connectivity index (χ3n) is 3.54. The number of nitrogens with zero attached hydrogens (tertiary/aromatic N) is 4. The highest BCUT2D eigenvalue weighted by atomic mass is 32.1. The van der Waals surface area contributed by atoms with E-state index >= 15 is 0 Å². The van der Waals surface area contributed by atoms with Gasteiger partial charge in [-0.15, -0.1) is 5.10 Å². The first-order chi connectivity index (χ1) is 13.0. The monoisotopic (exact) mass is 421 g/mol. The van der Waals surface area contributed by atoms with Crippen molar-refractivity contribution in [1.82, 2.24) is 19.4 Å². The van der Waals surface area contributed by atoms with Crippen molar-refractivity contribution in [2.75, 3.05) is 5.32 Å². The molecule has 0 saturated carbocycles. The summed E-state index contributed by atoms with van der Waals surface area (Å²) in [6.07, 6.45) is -10.2. The van der Waals surface area contributed by atoms with Crippen molar-refractivity contribution in [2.45, 2.75) is 19.3 Å². The number of hydrogen-bond acceptors (Lipinski definition) is 5. The molecule has 2 heterocycles. The Labute approximate surface area is 157 Å². The van der Waals surface area contributed by atoms with E-state index in [1.807, 2.05) is 0 Å². The highest BCUT2D eigenvalue weighted by Gasteiger charge is 2.46. The third kappa shape index (κ3) is 3.98. The van der Waals surface area contributed by atoms with Gasteiger partial charge >= 0.3 is 12.4 Å². The Morgan fingerprint density at radius 2 is 1.71 bits per heavy atom. The van der Waals surface area contributed by atoms with Crippen molar-refractivity contribution in [1.29, 1.82) is 0 Å². The van der Waals surface area contributed by atoms with Gasteiger partial charge in [0.05, 0.1) is 11.4 Å². The lowest BCUT2D eigenvalue weighted by Crippen LogP contribution is -2.15. The number of carbonyl (C=O) groups excluding carboxylic acids is 1. The lowest BCUT2D eigenvalue weighted by molar-refractivity contribution is -0.163. The van der Waals surface area contributed by atoms with Crippen LogP contribution in [0.2, 0.25) is 0 Å². The van der Waals surface area contributed by atoms with Gasteiger partial charge in [0.1, 0.15) is 10.4 Å². The Bertz CT molecular complexity index is 974. The second-order valence-electron chi connectivity index (χ2n) is 5.52. The van der Waals surface area contributed by atoms with E-state index in [0.29, 0.717) is 10.4 Å². The zero-order valence-corrected chi connectivity index (χ0v) is 14.6. The molecule has 1 aromatic carbocycles. The first-order valence-corrected chi connectivity index (χ1v) is 8.19. The summed E-state index contributed by atoms with van der Waals surface area (Å²) < 4.78 is 81.3. The molecule has 0 bridgehead atoms. The molecule has 28 heavy (non-hydrogen) atoms. The third-order valence-corrected chi connectivity index (χ3v) is 4.36. The summed E-state index contributed by atoms with van der Waals surface area (Å²) in [6, 6.07) is 5.08. The van der Waals surface area contributed by atoms with Crippen LogP contribution in [0.15, 0.2) is 30.5 Å². The molecule has 3 aromatic rings. The SMILES string of the molecule is Cc1nnsc1C(=O)Nc1ccc(-n2cc(C(F)(F)F)c(C(F)(F)F)n2)cc1. The fourth-order valence-electron chi connectivity index (χ4n) is 2.25. The number of hydrogen-bond donors (Lipinski definition) is 1. The van der Waals surface area contributed by atoms with E-state index in [9.17, 15) is 31.1 Å². The molecule has 0 radical (unpaired) electrons. The van der Waals surface area contributed by atoms with Crippen LogP contribution >= 0.6 is 11.5 Å². The summed E-state index contributed by atoms with van der Waals surface area (Å²) in [4.78, 5) is 12.3. The molecule has 0 spiro atoms. The molecule has 0 unspecified atom stereocenters. The molecule has 1 N–H and O–H groups in total. The van der Waals surface area contributed by atoms with Crippen LogP contribution in [0.25, 0.3) is 5.69 Å². The molecule has 13 heteroatoms. The number of benzene rings is 1. The number of carbonyl (C=O) groups is 1. The molecule has 1 amide bonds. The Morgan fingerprint density at radius 3 is 2.18 bits per heavy atom. The second-order valence-corrected chi connectivity index (χ2v) is 6.27. The van der Waals surface area contributed by atoms with Crippen molar-refractivity contribution < 1.29 is 31.1 Å². The summed E-state index contributed by atoms with van der Waals surface area (Å²) in [6.45, 7) is 1.59. The van der Waals surface area contributed by atoms with Crippen LogP contribution in [-0.2, 0) is 12.4 Å². The topological polar surface area (TPSA) is 72.7 Å². The predicted molar refractivity (Wildman–Crippen MR) is 86.2 cm³/mol. The Morgan fingerprint density at radius 1 is 1.07 bits per heavy atom. The van der Waals surface area contributed by atoms with E-state index in [4.69, 9.17) is 0 Å². The van der Waals surface area contributed by atoms with Crippen molar-refractivity contribution in [2.24, 2.45) is 0 Å². The van der Waals surface area contributed by atoms with Crippen molar-refractivity contribution >= 4 is 23.1 Å². The zero-order chi connectivity index (χ0) is 20.7. The summed E-state index contributed by atoms with van der Waals surface area (Å²) in [5, 5.41) is 9.26. The minimum absolute atomic E-state index is 0.0466. The Hall–Kier alpha value is -2.96. The van der Waals surface area contributed by atoms with Crippen LogP contribution in [0.3, 0.4) is 0 Å². The molecule has 0 fully saturated rings. The first-order valence-electron chi connectivity index (χ1n) is 7.41. The highest BCUT2D eigenvalue weighted by molar-refractivity contribution is 7.08. The minimum atomic E-state index is -5.26. The number of nitrogens with one attached hydrogen (secondary N) is 1. The molecule has 0 atom stereocenters. The van der Waals surface area contributed by atoms with Crippen LogP contribution in [0.4, 0.5) is 32.0 Å². The number of halogens is 6. The quantitative estimate of drug-likeness (QED) is 0.640. The number of alkyl halides is 6. The van der Waals surface area contributed by atoms with Crippen molar-refractivity contribution in [3.63, 3.8) is 0 Å². The van der Waals surface area contributed by atoms with E-state index in [-0.39, 0.29) is 22.4 Å². The summed E-state index contributed by atoms with van der Waals surface area (Å²) in [7, 11) is 0. The minimum Gasteiger partial charge on any atom is -0.321 e. The smallest absolute Gasteiger partial charge is 0.321 e. The predicted octanol–water partition coefficient (Wildman–Crippen LogP) is 4.32. The van der Waals surface area contributed by atoms with Gasteiger partial charge in [0.2, 0.25) is 0 Å². The van der Waals surface area contributed by atoms with E-state index in [1.54, 1.807) is 6.92 Å². The van der Waals surface area contributed by atoms with E-state index < -0.39 is 29.5 Å². The number of aryl methyl sites for hydroxylation is 1. The summed E-state index contributed by atoms with van der Waals surface area (Å²) in [5.74, 6) is -0.488. The van der Waals surface area contributed by atoms with Crippen LogP contribution in [0.5, 0.6) is 0 Å². The average molecular weight is 421 g/mol. The number of anilines is 1. The van der Waals surface area contributed by atoms with E-state index in [1.165, 1.54) is 24.3 Å². The van der Waals surface area contributed by atoms with E-state index in [0.717, 1.165) is 11.5 Å². The highest BCUT2D eigenvalue weighted by Crippen LogP contribution is 2.39. The first kappa shape index (κ1) is 19.8. The molecular formula is C15H9F6N5OS. The van der Waals surface area contributed by atoms with Gasteiger partial charge in [-0.05, 0) is 42.7 Å². The zero-order valence-electron chi connectivity index (χ0n) is 13.8. The lowest BCUT2D eigenvalue weighted by atomic mass is 10.2. The summed E-state index contributed by atoms with van der Waals surface area (Å²) in [5.41, 5.74) is -3.25. The molecule has 2 aromatic heterocycles. The van der Waals surface area contributed by atoms with Gasteiger partial charge in [-0.2, -0.15) is 31.4 Å². The number of rotatable bonds is 3. The second kappa shape index (κ2) is 6.89. The summed E-state index contributed by atoms with van der Waals surface area (Å²) >= 11 is 0.885. The van der Waals surface area contributed by atoms with Gasteiger partial charge < -0.3 is 5.32 Å². The normalized spacial score (nSPS) is 12.2. The molecule has 0 saturated heterocycles.